The second kappa shape index (κ2) is 8.61. The summed E-state index contributed by atoms with van der Waals surface area (Å²) in [5.41, 5.74) is 2.67. The van der Waals surface area contributed by atoms with Gasteiger partial charge in [-0.15, -0.1) is 0 Å². The molecule has 0 saturated heterocycles. The summed E-state index contributed by atoms with van der Waals surface area (Å²) < 4.78 is 72.0. The number of hydrogen-bond acceptors (Lipinski definition) is 4. The van der Waals surface area contributed by atoms with Gasteiger partial charge in [0, 0.05) is 29.1 Å². The average Bonchev–Trinajstić information content (AvgIpc) is 2.73. The summed E-state index contributed by atoms with van der Waals surface area (Å²) >= 11 is 0. The van der Waals surface area contributed by atoms with Crippen LogP contribution in [-0.2, 0) is 6.18 Å². The Morgan fingerprint density at radius 2 is 1.72 bits per heavy atom. The molecule has 1 aromatic heterocycles. The van der Waals surface area contributed by atoms with Crippen molar-refractivity contribution < 1.29 is 36.3 Å². The highest BCUT2D eigenvalue weighted by Crippen LogP contribution is 2.36. The predicted octanol–water partition coefficient (Wildman–Crippen LogP) is 4.41. The molecule has 0 aliphatic carbocycles. The minimum absolute atomic E-state index is 0.0431. The van der Waals surface area contributed by atoms with Crippen LogP contribution in [0.15, 0.2) is 48.7 Å². The molecule has 0 aliphatic heterocycles. The molecule has 0 fully saturated rings. The molecule has 0 aliphatic rings. The number of anilines is 1. The topological polar surface area (TPSA) is 94.3 Å². The van der Waals surface area contributed by atoms with Gasteiger partial charge in [0.15, 0.2) is 0 Å². The molecule has 2 amide bonds. The number of nitrogens with two attached hydrogens (primary N) is 1. The number of aromatic nitrogens is 1. The van der Waals surface area contributed by atoms with E-state index in [1.54, 1.807) is 0 Å². The van der Waals surface area contributed by atoms with E-state index in [1.807, 2.05) is 0 Å². The Hall–Kier alpha value is -4.02. The zero-order valence-electron chi connectivity index (χ0n) is 16.3. The predicted molar refractivity (Wildman–Crippen MR) is 104 cm³/mol. The van der Waals surface area contributed by atoms with Gasteiger partial charge in [-0.2, -0.15) is 13.2 Å². The summed E-state index contributed by atoms with van der Waals surface area (Å²) in [5, 5.41) is 2.29. The van der Waals surface area contributed by atoms with Crippen LogP contribution in [0.5, 0.6) is 5.75 Å². The van der Waals surface area contributed by atoms with Gasteiger partial charge in [0.05, 0.1) is 18.2 Å². The molecule has 3 N–H and O–H groups in total. The van der Waals surface area contributed by atoms with E-state index in [0.29, 0.717) is 6.07 Å². The van der Waals surface area contributed by atoms with Crippen molar-refractivity contribution in [2.75, 3.05) is 12.4 Å². The fourth-order valence-corrected chi connectivity index (χ4v) is 2.89. The zero-order chi connectivity index (χ0) is 23.6. The number of carbonyl (C=O) groups excluding carboxylic acids is 2. The smallest absolute Gasteiger partial charge is 0.433 e. The molecular weight excluding hydrogens is 437 g/mol. The number of nitrogens with zero attached hydrogens (tertiary/aromatic N) is 1. The maximum Gasteiger partial charge on any atom is 0.433 e. The Kier molecular flexibility index (Phi) is 6.10. The maximum absolute atomic E-state index is 13.7. The van der Waals surface area contributed by atoms with E-state index in [-0.39, 0.29) is 22.6 Å². The second-order valence-corrected chi connectivity index (χ2v) is 6.47. The van der Waals surface area contributed by atoms with Crippen molar-refractivity contribution in [2.45, 2.75) is 6.18 Å². The quantitative estimate of drug-likeness (QED) is 0.562. The Morgan fingerprint density at radius 3 is 2.34 bits per heavy atom. The van der Waals surface area contributed by atoms with Gasteiger partial charge in [0.2, 0.25) is 0 Å². The van der Waals surface area contributed by atoms with E-state index in [4.69, 9.17) is 10.5 Å². The monoisotopic (exact) mass is 451 g/mol. The summed E-state index contributed by atoms with van der Waals surface area (Å²) in [6.07, 6.45) is -4.04. The lowest BCUT2D eigenvalue weighted by Crippen LogP contribution is -2.18. The van der Waals surface area contributed by atoms with Crippen molar-refractivity contribution in [3.63, 3.8) is 0 Å². The number of benzene rings is 2. The summed E-state index contributed by atoms with van der Waals surface area (Å²) in [6, 6.07) is 6.69. The number of nitrogens with one attached hydrogen (secondary N) is 1. The number of primary amides is 1. The number of halogens is 5. The van der Waals surface area contributed by atoms with Crippen molar-refractivity contribution in [3.8, 4) is 16.9 Å². The molecule has 0 spiro atoms. The fraction of sp³-hybridized carbons (Fsp3) is 0.0952. The van der Waals surface area contributed by atoms with Gasteiger partial charge in [-0.3, -0.25) is 14.6 Å². The number of amides is 2. The second-order valence-electron chi connectivity index (χ2n) is 6.47. The average molecular weight is 451 g/mol. The van der Waals surface area contributed by atoms with Gasteiger partial charge in [-0.1, -0.05) is 0 Å². The molecule has 0 saturated carbocycles. The van der Waals surface area contributed by atoms with Crippen LogP contribution in [0.1, 0.15) is 26.4 Å². The zero-order valence-corrected chi connectivity index (χ0v) is 16.3. The fourth-order valence-electron chi connectivity index (χ4n) is 2.89. The molecule has 166 valence electrons. The molecule has 32 heavy (non-hydrogen) atoms. The van der Waals surface area contributed by atoms with E-state index in [1.165, 1.54) is 13.2 Å². The van der Waals surface area contributed by atoms with Crippen molar-refractivity contribution in [1.29, 1.82) is 0 Å². The van der Waals surface area contributed by atoms with Crippen LogP contribution in [-0.4, -0.2) is 23.9 Å². The van der Waals surface area contributed by atoms with Gasteiger partial charge in [-0.05, 0) is 36.4 Å². The summed E-state index contributed by atoms with van der Waals surface area (Å²) in [4.78, 5) is 27.6. The SMILES string of the molecule is COc1cc(F)ccc1-c1cnc(C(F)(F)F)cc1C(=O)Nc1ccc(F)c(C(N)=O)c1. The Labute approximate surface area is 177 Å². The Bertz CT molecular complexity index is 1210. The van der Waals surface area contributed by atoms with Crippen molar-refractivity contribution in [1.82, 2.24) is 4.98 Å². The largest absolute Gasteiger partial charge is 0.496 e. The number of hydrogen-bond donors (Lipinski definition) is 2. The lowest BCUT2D eigenvalue weighted by molar-refractivity contribution is -0.141. The molecule has 0 atom stereocenters. The van der Waals surface area contributed by atoms with Crippen LogP contribution < -0.4 is 15.8 Å². The third-order valence-electron chi connectivity index (χ3n) is 4.38. The van der Waals surface area contributed by atoms with Gasteiger partial charge >= 0.3 is 6.18 Å². The van der Waals surface area contributed by atoms with E-state index >= 15 is 0 Å². The van der Waals surface area contributed by atoms with Crippen molar-refractivity contribution in [3.05, 3.63) is 77.1 Å². The third-order valence-corrected chi connectivity index (χ3v) is 4.38. The minimum atomic E-state index is -4.85. The van der Waals surface area contributed by atoms with Crippen LogP contribution in [0.4, 0.5) is 27.6 Å². The highest BCUT2D eigenvalue weighted by Gasteiger charge is 2.34. The highest BCUT2D eigenvalue weighted by atomic mass is 19.4. The lowest BCUT2D eigenvalue weighted by atomic mass is 9.99. The first-order valence-electron chi connectivity index (χ1n) is 8.83. The molecular formula is C21H14F5N3O3. The molecule has 0 radical (unpaired) electrons. The number of carbonyl (C=O) groups is 2. The normalized spacial score (nSPS) is 11.2. The first-order chi connectivity index (χ1) is 15.0. The number of ether oxygens (including phenoxy) is 1. The number of pyridine rings is 1. The van der Waals surface area contributed by atoms with Crippen LogP contribution in [0.25, 0.3) is 11.1 Å². The van der Waals surface area contributed by atoms with Crippen LogP contribution >= 0.6 is 0 Å². The van der Waals surface area contributed by atoms with Gasteiger partial charge in [0.25, 0.3) is 11.8 Å². The van der Waals surface area contributed by atoms with Crippen LogP contribution in [0.3, 0.4) is 0 Å². The van der Waals surface area contributed by atoms with E-state index in [0.717, 1.165) is 36.5 Å². The number of rotatable bonds is 5. The third kappa shape index (κ3) is 4.66. The molecule has 6 nitrogen and oxygen atoms in total. The number of methoxy groups -OCH3 is 1. The molecule has 3 aromatic rings. The van der Waals surface area contributed by atoms with Crippen molar-refractivity contribution in [2.24, 2.45) is 5.73 Å². The molecule has 0 unspecified atom stereocenters. The summed E-state index contributed by atoms with van der Waals surface area (Å²) in [6.45, 7) is 0. The number of alkyl halides is 3. The van der Waals surface area contributed by atoms with E-state index < -0.39 is 46.4 Å². The van der Waals surface area contributed by atoms with Crippen molar-refractivity contribution >= 4 is 17.5 Å². The lowest BCUT2D eigenvalue weighted by Gasteiger charge is -2.15. The molecule has 0 bridgehead atoms. The standard InChI is InChI=1S/C21H14F5N3O3/c1-32-17-6-10(22)2-4-12(17)15-9-28-18(21(24,25)26)8-13(15)20(31)29-11-3-5-16(23)14(7-11)19(27)30/h2-9H,1H3,(H2,27,30)(H,29,31). The molecule has 3 rings (SSSR count). The van der Waals surface area contributed by atoms with Crippen LogP contribution in [0, 0.1) is 11.6 Å². The molecule has 2 aromatic carbocycles. The Balaban J connectivity index is 2.12. The Morgan fingerprint density at radius 1 is 1.00 bits per heavy atom. The molecule has 11 heteroatoms. The van der Waals surface area contributed by atoms with E-state index in [9.17, 15) is 31.5 Å². The first kappa shape index (κ1) is 22.7. The van der Waals surface area contributed by atoms with Gasteiger partial charge < -0.3 is 15.8 Å². The van der Waals surface area contributed by atoms with Gasteiger partial charge in [-0.25, -0.2) is 8.78 Å². The van der Waals surface area contributed by atoms with Crippen LogP contribution in [0.2, 0.25) is 0 Å². The summed E-state index contributed by atoms with van der Waals surface area (Å²) in [7, 11) is 1.22. The van der Waals surface area contributed by atoms with E-state index in [2.05, 4.69) is 10.3 Å². The summed E-state index contributed by atoms with van der Waals surface area (Å²) in [5.74, 6) is -3.77. The highest BCUT2D eigenvalue weighted by molar-refractivity contribution is 6.09. The minimum Gasteiger partial charge on any atom is -0.496 e. The molecule has 1 heterocycles. The first-order valence-corrected chi connectivity index (χ1v) is 8.83. The maximum atomic E-state index is 13.7. The van der Waals surface area contributed by atoms with Gasteiger partial charge in [0.1, 0.15) is 23.1 Å².